The maximum Gasteiger partial charge on any atom is 0.296 e. The van der Waals surface area contributed by atoms with Crippen LogP contribution < -0.4 is 5.32 Å². The predicted molar refractivity (Wildman–Crippen MR) is 68.4 cm³/mol. The Morgan fingerprint density at radius 2 is 1.90 bits per heavy atom. The van der Waals surface area contributed by atoms with Crippen LogP contribution in [0.3, 0.4) is 0 Å². The molecule has 2 rings (SSSR count). The second-order valence-electron chi connectivity index (χ2n) is 4.06. The van der Waals surface area contributed by atoms with E-state index in [9.17, 15) is 24.0 Å². The van der Waals surface area contributed by atoms with Gasteiger partial charge < -0.3 is 10.4 Å². The third kappa shape index (κ3) is 3.00. The molecule has 0 saturated heterocycles. The van der Waals surface area contributed by atoms with Crippen LogP contribution in [-0.2, 0) is 6.54 Å². The number of nitro groups is 1. The van der Waals surface area contributed by atoms with Crippen LogP contribution in [0.4, 0.5) is 20.2 Å². The monoisotopic (exact) mass is 280 g/mol. The number of aromatic hydroxyl groups is 1. The lowest BCUT2D eigenvalue weighted by molar-refractivity contribution is -0.384. The van der Waals surface area contributed by atoms with Crippen molar-refractivity contribution < 1.29 is 18.8 Å². The summed E-state index contributed by atoms with van der Waals surface area (Å²) >= 11 is 0. The van der Waals surface area contributed by atoms with Crippen LogP contribution in [-0.4, -0.2) is 10.0 Å². The van der Waals surface area contributed by atoms with Crippen LogP contribution in [0.5, 0.6) is 5.75 Å². The summed E-state index contributed by atoms with van der Waals surface area (Å²) < 4.78 is 25.8. The van der Waals surface area contributed by atoms with Crippen molar-refractivity contribution in [2.24, 2.45) is 0 Å². The molecule has 0 spiro atoms. The molecule has 0 unspecified atom stereocenters. The first-order chi connectivity index (χ1) is 9.47. The van der Waals surface area contributed by atoms with E-state index in [2.05, 4.69) is 5.32 Å². The fraction of sp³-hybridized carbons (Fsp3) is 0.0769. The topological polar surface area (TPSA) is 75.4 Å². The summed E-state index contributed by atoms with van der Waals surface area (Å²) in [6.45, 7) is 0.0861. The fourth-order valence-electron chi connectivity index (χ4n) is 1.67. The molecule has 0 saturated carbocycles. The molecule has 2 N–H and O–H groups in total. The summed E-state index contributed by atoms with van der Waals surface area (Å²) in [4.78, 5) is 10.2. The molecular weight excluding hydrogens is 270 g/mol. The third-order valence-electron chi connectivity index (χ3n) is 2.64. The van der Waals surface area contributed by atoms with Gasteiger partial charge >= 0.3 is 0 Å². The number of halogens is 2. The maximum atomic E-state index is 13.0. The van der Waals surface area contributed by atoms with Gasteiger partial charge in [0.1, 0.15) is 11.4 Å². The van der Waals surface area contributed by atoms with Gasteiger partial charge in [0.05, 0.1) is 11.0 Å². The van der Waals surface area contributed by atoms with Crippen LogP contribution >= 0.6 is 0 Å². The number of benzene rings is 2. The Morgan fingerprint density at radius 3 is 2.55 bits per heavy atom. The lowest BCUT2D eigenvalue weighted by Crippen LogP contribution is -2.03. The average Bonchev–Trinajstić information content (AvgIpc) is 2.41. The maximum absolute atomic E-state index is 13.0. The Labute approximate surface area is 112 Å². The second kappa shape index (κ2) is 5.52. The number of nitro benzene ring substituents is 1. The van der Waals surface area contributed by atoms with Crippen molar-refractivity contribution in [1.29, 1.82) is 0 Å². The Balaban J connectivity index is 2.18. The molecule has 0 fully saturated rings. The predicted octanol–water partition coefficient (Wildman–Crippen LogP) is 3.19. The smallest absolute Gasteiger partial charge is 0.296 e. The Hall–Kier alpha value is -2.70. The van der Waals surface area contributed by atoms with Crippen LogP contribution in [0, 0.1) is 21.7 Å². The molecule has 2 aromatic carbocycles. The van der Waals surface area contributed by atoms with Gasteiger partial charge in [-0.15, -0.1) is 0 Å². The highest BCUT2D eigenvalue weighted by Gasteiger charge is 2.14. The van der Waals surface area contributed by atoms with Crippen molar-refractivity contribution in [1.82, 2.24) is 0 Å². The molecule has 7 heteroatoms. The lowest BCUT2D eigenvalue weighted by atomic mass is 10.2. The highest BCUT2D eigenvalue weighted by atomic mass is 19.2. The van der Waals surface area contributed by atoms with Crippen molar-refractivity contribution in [2.75, 3.05) is 5.32 Å². The van der Waals surface area contributed by atoms with E-state index in [0.29, 0.717) is 5.56 Å². The molecule has 20 heavy (non-hydrogen) atoms. The van der Waals surface area contributed by atoms with Gasteiger partial charge in [0.25, 0.3) is 5.69 Å². The summed E-state index contributed by atoms with van der Waals surface area (Å²) in [7, 11) is 0. The molecule has 2 aromatic rings. The number of rotatable bonds is 4. The lowest BCUT2D eigenvalue weighted by Gasteiger charge is -2.08. The van der Waals surface area contributed by atoms with Crippen molar-refractivity contribution in [3.63, 3.8) is 0 Å². The average molecular weight is 280 g/mol. The Bertz CT molecular complexity index is 662. The molecule has 0 aliphatic carbocycles. The van der Waals surface area contributed by atoms with E-state index < -0.39 is 16.6 Å². The molecule has 0 aliphatic heterocycles. The molecule has 104 valence electrons. The molecule has 5 nitrogen and oxygen atoms in total. The van der Waals surface area contributed by atoms with Crippen molar-refractivity contribution in [3.05, 3.63) is 63.7 Å². The van der Waals surface area contributed by atoms with Gasteiger partial charge in [-0.2, -0.15) is 0 Å². The van der Waals surface area contributed by atoms with Gasteiger partial charge in [-0.25, -0.2) is 8.78 Å². The van der Waals surface area contributed by atoms with E-state index in [-0.39, 0.29) is 23.7 Å². The van der Waals surface area contributed by atoms with Crippen LogP contribution in [0.15, 0.2) is 36.4 Å². The van der Waals surface area contributed by atoms with Gasteiger partial charge in [0.15, 0.2) is 11.6 Å². The zero-order valence-electron chi connectivity index (χ0n) is 10.1. The standard InChI is InChI=1S/C13H10F2N2O3/c14-10-3-1-8(5-11(10)15)7-16-12-4-2-9(18)6-13(12)17(19)20/h1-6,16,18H,7H2. The van der Waals surface area contributed by atoms with E-state index in [0.717, 1.165) is 18.2 Å². The highest BCUT2D eigenvalue weighted by molar-refractivity contribution is 5.63. The molecule has 0 amide bonds. The summed E-state index contributed by atoms with van der Waals surface area (Å²) in [5.74, 6) is -2.16. The number of phenolic OH excluding ortho intramolecular Hbond substituents is 1. The van der Waals surface area contributed by atoms with Gasteiger partial charge in [-0.3, -0.25) is 10.1 Å². The van der Waals surface area contributed by atoms with Crippen LogP contribution in [0.1, 0.15) is 5.56 Å². The van der Waals surface area contributed by atoms with E-state index in [1.165, 1.54) is 18.2 Å². The number of hydrogen-bond donors (Lipinski definition) is 2. The first-order valence-electron chi connectivity index (χ1n) is 5.62. The summed E-state index contributed by atoms with van der Waals surface area (Å²) in [5, 5.41) is 22.8. The number of anilines is 1. The van der Waals surface area contributed by atoms with Crippen LogP contribution in [0.2, 0.25) is 0 Å². The summed E-state index contributed by atoms with van der Waals surface area (Å²) in [6, 6.07) is 7.01. The highest BCUT2D eigenvalue weighted by Crippen LogP contribution is 2.28. The quantitative estimate of drug-likeness (QED) is 0.512. The van der Waals surface area contributed by atoms with Crippen molar-refractivity contribution in [2.45, 2.75) is 6.54 Å². The molecule has 0 aromatic heterocycles. The molecule has 0 atom stereocenters. The minimum atomic E-state index is -0.982. The van der Waals surface area contributed by atoms with Crippen molar-refractivity contribution >= 4 is 11.4 Å². The molecule has 0 bridgehead atoms. The zero-order valence-corrected chi connectivity index (χ0v) is 10.1. The van der Waals surface area contributed by atoms with E-state index >= 15 is 0 Å². The number of nitrogens with zero attached hydrogens (tertiary/aromatic N) is 1. The van der Waals surface area contributed by atoms with Gasteiger partial charge in [-0.1, -0.05) is 6.07 Å². The van der Waals surface area contributed by atoms with Gasteiger partial charge in [0, 0.05) is 6.54 Å². The van der Waals surface area contributed by atoms with E-state index in [1.54, 1.807) is 0 Å². The first-order valence-corrected chi connectivity index (χ1v) is 5.62. The number of nitrogens with one attached hydrogen (secondary N) is 1. The molecular formula is C13H10F2N2O3. The summed E-state index contributed by atoms with van der Waals surface area (Å²) in [6.07, 6.45) is 0. The number of phenols is 1. The zero-order chi connectivity index (χ0) is 14.7. The fourth-order valence-corrected chi connectivity index (χ4v) is 1.67. The van der Waals surface area contributed by atoms with Crippen LogP contribution in [0.25, 0.3) is 0 Å². The minimum absolute atomic E-state index is 0.0861. The van der Waals surface area contributed by atoms with E-state index in [4.69, 9.17) is 0 Å². The van der Waals surface area contributed by atoms with Gasteiger partial charge in [-0.05, 0) is 29.8 Å². The Kier molecular flexibility index (Phi) is 3.79. The molecule has 0 heterocycles. The second-order valence-corrected chi connectivity index (χ2v) is 4.06. The van der Waals surface area contributed by atoms with E-state index in [1.807, 2.05) is 0 Å². The Morgan fingerprint density at radius 1 is 1.15 bits per heavy atom. The largest absolute Gasteiger partial charge is 0.508 e. The minimum Gasteiger partial charge on any atom is -0.508 e. The normalized spacial score (nSPS) is 10.3. The first kappa shape index (κ1) is 13.7. The number of hydrogen-bond acceptors (Lipinski definition) is 4. The summed E-state index contributed by atoms with van der Waals surface area (Å²) in [5.41, 5.74) is 0.316. The van der Waals surface area contributed by atoms with Gasteiger partial charge in [0.2, 0.25) is 0 Å². The SMILES string of the molecule is O=[N+]([O-])c1cc(O)ccc1NCc1ccc(F)c(F)c1. The molecule has 0 radical (unpaired) electrons. The third-order valence-corrected chi connectivity index (χ3v) is 2.64. The molecule has 0 aliphatic rings. The van der Waals surface area contributed by atoms with Crippen molar-refractivity contribution in [3.8, 4) is 5.75 Å².